The van der Waals surface area contributed by atoms with Crippen molar-refractivity contribution in [3.8, 4) is 5.69 Å². The smallest absolute Gasteiger partial charge is 0.297 e. The molecule has 0 atom stereocenters. The SMILES string of the molecule is CS(=O)(=O)Cc1ccc(C(F)(F)F)c(C2CCN(Cc3cn(-c4ccccc4)nn3)CC2)c1. The molecule has 0 radical (unpaired) electrons. The lowest BCUT2D eigenvalue weighted by Crippen LogP contribution is -2.33. The largest absolute Gasteiger partial charge is 0.416 e. The van der Waals surface area contributed by atoms with E-state index >= 15 is 0 Å². The summed E-state index contributed by atoms with van der Waals surface area (Å²) in [6.45, 7) is 1.81. The van der Waals surface area contributed by atoms with Crippen molar-refractivity contribution in [2.75, 3.05) is 19.3 Å². The Kier molecular flexibility index (Phi) is 6.58. The molecule has 2 aromatic carbocycles. The van der Waals surface area contributed by atoms with E-state index in [0.29, 0.717) is 38.0 Å². The summed E-state index contributed by atoms with van der Waals surface area (Å²) >= 11 is 0. The predicted molar refractivity (Wildman–Crippen MR) is 119 cm³/mol. The molecule has 4 rings (SSSR count). The zero-order valence-electron chi connectivity index (χ0n) is 18.2. The molecule has 176 valence electrons. The number of alkyl halides is 3. The molecular weight excluding hydrogens is 453 g/mol. The van der Waals surface area contributed by atoms with Gasteiger partial charge in [0.15, 0.2) is 9.84 Å². The third-order valence-corrected chi connectivity index (χ3v) is 6.68. The van der Waals surface area contributed by atoms with Crippen LogP contribution in [-0.4, -0.2) is 47.7 Å². The highest BCUT2D eigenvalue weighted by molar-refractivity contribution is 7.89. The summed E-state index contributed by atoms with van der Waals surface area (Å²) in [6, 6.07) is 13.3. The molecule has 0 bridgehead atoms. The number of rotatable bonds is 6. The van der Waals surface area contributed by atoms with Gasteiger partial charge in [-0.05, 0) is 61.2 Å². The van der Waals surface area contributed by atoms with Gasteiger partial charge in [-0.2, -0.15) is 13.2 Å². The number of sulfone groups is 1. The molecular formula is C23H25F3N4O2S. The molecule has 10 heteroatoms. The lowest BCUT2D eigenvalue weighted by Gasteiger charge is -2.33. The number of hydrogen-bond donors (Lipinski definition) is 0. The molecule has 0 aliphatic carbocycles. The van der Waals surface area contributed by atoms with Crippen molar-refractivity contribution < 1.29 is 21.6 Å². The van der Waals surface area contributed by atoms with E-state index in [-0.39, 0.29) is 17.2 Å². The van der Waals surface area contributed by atoms with E-state index in [1.807, 2.05) is 36.5 Å². The van der Waals surface area contributed by atoms with Gasteiger partial charge in [0.1, 0.15) is 0 Å². The standard InChI is InChI=1S/C23H25F3N4O2S/c1-33(31,32)16-17-7-8-22(23(24,25)26)21(13-17)18-9-11-29(12-10-18)14-19-15-30(28-27-19)20-5-3-2-4-6-20/h2-8,13,15,18H,9-12,14,16H2,1H3. The minimum Gasteiger partial charge on any atom is -0.297 e. The average Bonchev–Trinajstić information content (AvgIpc) is 3.21. The molecule has 6 nitrogen and oxygen atoms in total. The summed E-state index contributed by atoms with van der Waals surface area (Å²) in [4.78, 5) is 2.16. The molecule has 33 heavy (non-hydrogen) atoms. The Balaban J connectivity index is 1.45. The number of halogens is 3. The topological polar surface area (TPSA) is 68.1 Å². The first-order chi connectivity index (χ1) is 15.6. The van der Waals surface area contributed by atoms with E-state index in [1.165, 1.54) is 12.1 Å². The molecule has 0 N–H and O–H groups in total. The van der Waals surface area contributed by atoms with Crippen molar-refractivity contribution in [3.63, 3.8) is 0 Å². The Bertz CT molecular complexity index is 1200. The highest BCUT2D eigenvalue weighted by Crippen LogP contribution is 2.39. The van der Waals surface area contributed by atoms with Crippen LogP contribution in [-0.2, 0) is 28.3 Å². The summed E-state index contributed by atoms with van der Waals surface area (Å²) in [5.74, 6) is -0.550. The fourth-order valence-electron chi connectivity index (χ4n) is 4.31. The van der Waals surface area contributed by atoms with Crippen LogP contribution in [0.15, 0.2) is 54.7 Å². The van der Waals surface area contributed by atoms with Crippen LogP contribution in [0.3, 0.4) is 0 Å². The van der Waals surface area contributed by atoms with Crippen molar-refractivity contribution in [3.05, 3.63) is 77.1 Å². The lowest BCUT2D eigenvalue weighted by atomic mass is 9.85. The molecule has 2 heterocycles. The number of aromatic nitrogens is 3. The molecule has 0 unspecified atom stereocenters. The Morgan fingerprint density at radius 1 is 1.06 bits per heavy atom. The zero-order valence-corrected chi connectivity index (χ0v) is 19.0. The molecule has 3 aromatic rings. The van der Waals surface area contributed by atoms with Gasteiger partial charge in [0.05, 0.1) is 28.9 Å². The molecule has 1 aromatic heterocycles. The normalized spacial score (nSPS) is 16.2. The van der Waals surface area contributed by atoms with Gasteiger partial charge >= 0.3 is 6.18 Å². The maximum Gasteiger partial charge on any atom is 0.416 e. The second kappa shape index (κ2) is 9.26. The summed E-state index contributed by atoms with van der Waals surface area (Å²) in [7, 11) is -3.34. The second-order valence-corrected chi connectivity index (χ2v) is 10.7. The Hall–Kier alpha value is -2.72. The average molecular weight is 479 g/mol. The van der Waals surface area contributed by atoms with Crippen molar-refractivity contribution in [1.82, 2.24) is 19.9 Å². The molecule has 1 aliphatic rings. The van der Waals surface area contributed by atoms with Crippen LogP contribution in [0.5, 0.6) is 0 Å². The van der Waals surface area contributed by atoms with E-state index in [9.17, 15) is 21.6 Å². The lowest BCUT2D eigenvalue weighted by molar-refractivity contribution is -0.138. The van der Waals surface area contributed by atoms with E-state index in [1.54, 1.807) is 4.68 Å². The number of benzene rings is 2. The van der Waals surface area contributed by atoms with Gasteiger partial charge in [0.2, 0.25) is 0 Å². The molecule has 1 fully saturated rings. The van der Waals surface area contributed by atoms with Crippen LogP contribution in [0.25, 0.3) is 5.69 Å². The first-order valence-electron chi connectivity index (χ1n) is 10.7. The second-order valence-electron chi connectivity index (χ2n) is 8.53. The molecule has 1 aliphatic heterocycles. The Labute approximate surface area is 191 Å². The van der Waals surface area contributed by atoms with E-state index in [2.05, 4.69) is 15.2 Å². The number of likely N-dealkylation sites (tertiary alicyclic amines) is 1. The van der Waals surface area contributed by atoms with Crippen molar-refractivity contribution >= 4 is 9.84 Å². The van der Waals surface area contributed by atoms with Crippen molar-refractivity contribution in [2.45, 2.75) is 37.2 Å². The molecule has 0 saturated carbocycles. The van der Waals surface area contributed by atoms with Crippen LogP contribution in [0.1, 0.15) is 41.1 Å². The van der Waals surface area contributed by atoms with Crippen LogP contribution < -0.4 is 0 Å². The summed E-state index contributed by atoms with van der Waals surface area (Å²) in [5.41, 5.74) is 1.61. The van der Waals surface area contributed by atoms with Crippen LogP contribution >= 0.6 is 0 Å². The highest BCUT2D eigenvalue weighted by atomic mass is 32.2. The maximum atomic E-state index is 13.6. The molecule has 0 spiro atoms. The van der Waals surface area contributed by atoms with Gasteiger partial charge in [-0.1, -0.05) is 35.5 Å². The van der Waals surface area contributed by atoms with Crippen molar-refractivity contribution in [2.24, 2.45) is 0 Å². The van der Waals surface area contributed by atoms with Gasteiger partial charge in [0.25, 0.3) is 0 Å². The fraction of sp³-hybridized carbons (Fsp3) is 0.391. The minimum absolute atomic E-state index is 0.193. The van der Waals surface area contributed by atoms with Crippen LogP contribution in [0, 0.1) is 0 Å². The quantitative estimate of drug-likeness (QED) is 0.531. The van der Waals surface area contributed by atoms with E-state index < -0.39 is 21.6 Å². The Morgan fingerprint density at radius 3 is 2.39 bits per heavy atom. The number of hydrogen-bond acceptors (Lipinski definition) is 5. The number of nitrogens with zero attached hydrogens (tertiary/aromatic N) is 4. The molecule has 0 amide bonds. The maximum absolute atomic E-state index is 13.6. The van der Waals surface area contributed by atoms with Gasteiger partial charge in [-0.3, -0.25) is 4.90 Å². The first-order valence-corrected chi connectivity index (χ1v) is 12.7. The van der Waals surface area contributed by atoms with Crippen LogP contribution in [0.2, 0.25) is 0 Å². The van der Waals surface area contributed by atoms with Crippen molar-refractivity contribution in [1.29, 1.82) is 0 Å². The van der Waals surface area contributed by atoms with Gasteiger partial charge in [-0.25, -0.2) is 13.1 Å². The van der Waals surface area contributed by atoms with Gasteiger partial charge in [0, 0.05) is 12.8 Å². The minimum atomic E-state index is -4.48. The third kappa shape index (κ3) is 6.00. The monoisotopic (exact) mass is 478 g/mol. The third-order valence-electron chi connectivity index (χ3n) is 5.82. The van der Waals surface area contributed by atoms with E-state index in [0.717, 1.165) is 23.7 Å². The van der Waals surface area contributed by atoms with Gasteiger partial charge < -0.3 is 0 Å². The number of para-hydroxylation sites is 1. The molecule has 1 saturated heterocycles. The Morgan fingerprint density at radius 2 is 1.76 bits per heavy atom. The van der Waals surface area contributed by atoms with Gasteiger partial charge in [-0.15, -0.1) is 5.10 Å². The van der Waals surface area contributed by atoms with Crippen LogP contribution in [0.4, 0.5) is 13.2 Å². The summed E-state index contributed by atoms with van der Waals surface area (Å²) in [6.07, 6.45) is -0.433. The zero-order chi connectivity index (χ0) is 23.6. The number of piperidine rings is 1. The first kappa shape index (κ1) is 23.4. The fourth-order valence-corrected chi connectivity index (χ4v) is 5.09. The summed E-state index contributed by atoms with van der Waals surface area (Å²) < 4.78 is 65.9. The highest BCUT2D eigenvalue weighted by Gasteiger charge is 2.36. The predicted octanol–water partition coefficient (Wildman–Crippen LogP) is 4.21. The van der Waals surface area contributed by atoms with E-state index in [4.69, 9.17) is 0 Å². The summed E-state index contributed by atoms with van der Waals surface area (Å²) in [5, 5.41) is 8.38.